The molecule has 126 valence electrons. The molecule has 4 heteroatoms. The number of hydrogen-bond acceptors (Lipinski definition) is 2. The van der Waals surface area contributed by atoms with Crippen LogP contribution in [0.3, 0.4) is 0 Å². The standard InChI is InChI=1S/C19H28N2O2/c22-18-12-5-4-11-16(18)20-19(23)21-17(13-14-7-6-8-14)15-9-2-1-3-10-15/h1-3,9-10,14,16-18,22H,4-8,11-13H2,(H2,20,21,23)/t16-,17?,18-/m1/s1. The van der Waals surface area contributed by atoms with Crippen molar-refractivity contribution in [1.82, 2.24) is 10.6 Å². The summed E-state index contributed by atoms with van der Waals surface area (Å²) in [6.07, 6.45) is 8.24. The summed E-state index contributed by atoms with van der Waals surface area (Å²) in [4.78, 5) is 12.4. The molecule has 2 fully saturated rings. The molecule has 0 aromatic heterocycles. The van der Waals surface area contributed by atoms with Crippen molar-refractivity contribution in [2.75, 3.05) is 0 Å². The summed E-state index contributed by atoms with van der Waals surface area (Å²) in [7, 11) is 0. The topological polar surface area (TPSA) is 61.4 Å². The van der Waals surface area contributed by atoms with E-state index in [4.69, 9.17) is 0 Å². The molecule has 1 aromatic rings. The third-order valence-corrected chi connectivity index (χ3v) is 5.35. The van der Waals surface area contributed by atoms with Gasteiger partial charge in [-0.25, -0.2) is 4.79 Å². The fraction of sp³-hybridized carbons (Fsp3) is 0.632. The van der Waals surface area contributed by atoms with E-state index in [1.165, 1.54) is 24.8 Å². The highest BCUT2D eigenvalue weighted by Gasteiger charge is 2.27. The van der Waals surface area contributed by atoms with Gasteiger partial charge in [-0.05, 0) is 30.7 Å². The number of amides is 2. The first-order chi connectivity index (χ1) is 11.2. The van der Waals surface area contributed by atoms with Gasteiger partial charge in [0, 0.05) is 0 Å². The average molecular weight is 316 g/mol. The lowest BCUT2D eigenvalue weighted by Crippen LogP contribution is -2.49. The van der Waals surface area contributed by atoms with Gasteiger partial charge in [-0.2, -0.15) is 0 Å². The monoisotopic (exact) mass is 316 g/mol. The molecule has 0 saturated heterocycles. The molecule has 0 heterocycles. The van der Waals surface area contributed by atoms with Crippen molar-refractivity contribution in [1.29, 1.82) is 0 Å². The molecule has 1 unspecified atom stereocenters. The summed E-state index contributed by atoms with van der Waals surface area (Å²) < 4.78 is 0. The lowest BCUT2D eigenvalue weighted by molar-refractivity contribution is 0.0938. The Labute approximate surface area is 138 Å². The minimum Gasteiger partial charge on any atom is -0.391 e. The Morgan fingerprint density at radius 1 is 1.09 bits per heavy atom. The molecule has 4 nitrogen and oxygen atoms in total. The molecular weight excluding hydrogens is 288 g/mol. The maximum absolute atomic E-state index is 12.4. The van der Waals surface area contributed by atoms with Gasteiger partial charge in [-0.3, -0.25) is 0 Å². The third kappa shape index (κ3) is 4.47. The Balaban J connectivity index is 1.59. The molecule has 3 rings (SSSR count). The zero-order valence-electron chi connectivity index (χ0n) is 13.7. The second kappa shape index (κ2) is 7.82. The van der Waals surface area contributed by atoms with Crippen LogP contribution in [0.4, 0.5) is 4.79 Å². The zero-order chi connectivity index (χ0) is 16.1. The first-order valence-electron chi connectivity index (χ1n) is 9.02. The van der Waals surface area contributed by atoms with Crippen molar-refractivity contribution in [3.63, 3.8) is 0 Å². The lowest BCUT2D eigenvalue weighted by Gasteiger charge is -2.32. The normalized spacial score (nSPS) is 26.1. The molecule has 2 aliphatic rings. The molecule has 23 heavy (non-hydrogen) atoms. The van der Waals surface area contributed by atoms with E-state index in [9.17, 15) is 9.90 Å². The minimum absolute atomic E-state index is 0.0576. The van der Waals surface area contributed by atoms with Crippen LogP contribution in [-0.4, -0.2) is 23.3 Å². The number of carbonyl (C=O) groups is 1. The minimum atomic E-state index is -0.406. The fourth-order valence-corrected chi connectivity index (χ4v) is 3.67. The van der Waals surface area contributed by atoms with Gasteiger partial charge in [0.15, 0.2) is 0 Å². The van der Waals surface area contributed by atoms with E-state index >= 15 is 0 Å². The molecule has 0 spiro atoms. The SMILES string of the molecule is O=C(NC(CC1CCC1)c1ccccc1)N[C@@H]1CCCC[C@H]1O. The van der Waals surface area contributed by atoms with Crippen LogP contribution in [0.2, 0.25) is 0 Å². The van der Waals surface area contributed by atoms with E-state index in [0.29, 0.717) is 0 Å². The summed E-state index contributed by atoms with van der Waals surface area (Å²) in [6.45, 7) is 0. The van der Waals surface area contributed by atoms with Gasteiger partial charge >= 0.3 is 6.03 Å². The molecule has 3 atom stereocenters. The fourth-order valence-electron chi connectivity index (χ4n) is 3.67. The number of carbonyl (C=O) groups excluding carboxylic acids is 1. The molecule has 0 aliphatic heterocycles. The Morgan fingerprint density at radius 3 is 2.48 bits per heavy atom. The van der Waals surface area contributed by atoms with Crippen molar-refractivity contribution in [3.8, 4) is 0 Å². The number of aliphatic hydroxyl groups is 1. The Kier molecular flexibility index (Phi) is 5.55. The van der Waals surface area contributed by atoms with Crippen LogP contribution in [0.25, 0.3) is 0 Å². The summed E-state index contributed by atoms with van der Waals surface area (Å²) in [6, 6.07) is 10.0. The van der Waals surface area contributed by atoms with Gasteiger partial charge < -0.3 is 15.7 Å². The first kappa shape index (κ1) is 16.3. The van der Waals surface area contributed by atoms with Crippen LogP contribution < -0.4 is 10.6 Å². The summed E-state index contributed by atoms with van der Waals surface area (Å²) in [5.74, 6) is 0.723. The van der Waals surface area contributed by atoms with Crippen molar-refractivity contribution < 1.29 is 9.90 Å². The Hall–Kier alpha value is -1.55. The molecule has 2 amide bonds. The molecule has 0 radical (unpaired) electrons. The van der Waals surface area contributed by atoms with Gasteiger partial charge in [0.25, 0.3) is 0 Å². The second-order valence-electron chi connectivity index (χ2n) is 7.07. The largest absolute Gasteiger partial charge is 0.391 e. The average Bonchev–Trinajstić information content (AvgIpc) is 2.52. The quantitative estimate of drug-likeness (QED) is 0.778. The van der Waals surface area contributed by atoms with E-state index in [1.807, 2.05) is 18.2 Å². The van der Waals surface area contributed by atoms with Crippen molar-refractivity contribution in [2.24, 2.45) is 5.92 Å². The number of urea groups is 1. The third-order valence-electron chi connectivity index (χ3n) is 5.35. The predicted octanol–water partition coefficient (Wildman–Crippen LogP) is 3.52. The smallest absolute Gasteiger partial charge is 0.315 e. The van der Waals surface area contributed by atoms with Crippen LogP contribution >= 0.6 is 0 Å². The van der Waals surface area contributed by atoms with E-state index in [0.717, 1.165) is 38.0 Å². The van der Waals surface area contributed by atoms with Crippen molar-refractivity contribution in [3.05, 3.63) is 35.9 Å². The number of rotatable bonds is 5. The predicted molar refractivity (Wildman–Crippen MR) is 91.1 cm³/mol. The van der Waals surface area contributed by atoms with Gasteiger partial charge in [0.2, 0.25) is 0 Å². The first-order valence-corrected chi connectivity index (χ1v) is 9.02. The highest BCUT2D eigenvalue weighted by molar-refractivity contribution is 5.74. The van der Waals surface area contributed by atoms with Crippen LogP contribution in [0.1, 0.15) is 63.0 Å². The molecule has 0 bridgehead atoms. The van der Waals surface area contributed by atoms with E-state index < -0.39 is 6.10 Å². The highest BCUT2D eigenvalue weighted by Crippen LogP contribution is 2.34. The lowest BCUT2D eigenvalue weighted by atomic mass is 9.79. The van der Waals surface area contributed by atoms with Gasteiger partial charge in [-0.1, -0.05) is 62.4 Å². The van der Waals surface area contributed by atoms with Gasteiger partial charge in [-0.15, -0.1) is 0 Å². The van der Waals surface area contributed by atoms with E-state index in [1.54, 1.807) is 0 Å². The molecule has 1 aromatic carbocycles. The van der Waals surface area contributed by atoms with Crippen molar-refractivity contribution >= 4 is 6.03 Å². The van der Waals surface area contributed by atoms with E-state index in [-0.39, 0.29) is 18.1 Å². The summed E-state index contributed by atoms with van der Waals surface area (Å²) in [5.41, 5.74) is 1.17. The van der Waals surface area contributed by atoms with Crippen molar-refractivity contribution in [2.45, 2.75) is 69.6 Å². The summed E-state index contributed by atoms with van der Waals surface area (Å²) >= 11 is 0. The number of hydrogen-bond donors (Lipinski definition) is 3. The van der Waals surface area contributed by atoms with Crippen LogP contribution in [0.5, 0.6) is 0 Å². The van der Waals surface area contributed by atoms with Gasteiger partial charge in [0.1, 0.15) is 0 Å². The number of benzene rings is 1. The Bertz CT molecular complexity index is 501. The molecular formula is C19H28N2O2. The zero-order valence-corrected chi connectivity index (χ0v) is 13.7. The van der Waals surface area contributed by atoms with Gasteiger partial charge in [0.05, 0.1) is 18.2 Å². The number of nitrogens with one attached hydrogen (secondary N) is 2. The second-order valence-corrected chi connectivity index (χ2v) is 7.07. The Morgan fingerprint density at radius 2 is 1.83 bits per heavy atom. The van der Waals surface area contributed by atoms with E-state index in [2.05, 4.69) is 22.8 Å². The number of aliphatic hydroxyl groups excluding tert-OH is 1. The van der Waals surface area contributed by atoms with Crippen LogP contribution in [-0.2, 0) is 0 Å². The molecule has 2 aliphatic carbocycles. The maximum atomic E-state index is 12.4. The van der Waals surface area contributed by atoms with Crippen LogP contribution in [0, 0.1) is 5.92 Å². The highest BCUT2D eigenvalue weighted by atomic mass is 16.3. The maximum Gasteiger partial charge on any atom is 0.315 e. The van der Waals surface area contributed by atoms with Crippen LogP contribution in [0.15, 0.2) is 30.3 Å². The summed E-state index contributed by atoms with van der Waals surface area (Å²) in [5, 5.41) is 16.1. The molecule has 2 saturated carbocycles. The molecule has 3 N–H and O–H groups in total.